The van der Waals surface area contributed by atoms with Crippen LogP contribution in [0.15, 0.2) is 0 Å². The number of likely N-dealkylation sites (N-methyl/N-ethyl adjacent to an activating group) is 1. The summed E-state index contributed by atoms with van der Waals surface area (Å²) in [5.41, 5.74) is 5.63. The normalized spacial score (nSPS) is 34.4. The Morgan fingerprint density at radius 3 is 2.46 bits per heavy atom. The highest BCUT2D eigenvalue weighted by Crippen LogP contribution is 2.13. The summed E-state index contributed by atoms with van der Waals surface area (Å²) in [5.74, 6) is 0. The monoisotopic (exact) mass is 188 g/mol. The Morgan fingerprint density at radius 2 is 2.08 bits per heavy atom. The SMILES string of the molecule is CCN(CC)C[C@@H]1OC[C@@H](N)[C@H]1O. The first-order chi connectivity index (χ1) is 6.19. The molecule has 13 heavy (non-hydrogen) atoms. The molecule has 4 nitrogen and oxygen atoms in total. The van der Waals surface area contributed by atoms with Crippen molar-refractivity contribution in [3.05, 3.63) is 0 Å². The lowest BCUT2D eigenvalue weighted by molar-refractivity contribution is 0.0178. The summed E-state index contributed by atoms with van der Waals surface area (Å²) in [6.07, 6.45) is -0.601. The molecule has 4 heteroatoms. The van der Waals surface area contributed by atoms with Gasteiger partial charge in [0, 0.05) is 6.54 Å². The molecule has 1 heterocycles. The third-order valence-corrected chi connectivity index (χ3v) is 2.65. The Kier molecular flexibility index (Phi) is 4.12. The predicted octanol–water partition coefficient (Wildman–Crippen LogP) is -0.585. The molecule has 1 rings (SSSR count). The van der Waals surface area contributed by atoms with Crippen molar-refractivity contribution in [1.29, 1.82) is 0 Å². The molecule has 1 aliphatic heterocycles. The first-order valence-corrected chi connectivity index (χ1v) is 4.96. The van der Waals surface area contributed by atoms with Crippen LogP contribution in [0.5, 0.6) is 0 Å². The summed E-state index contributed by atoms with van der Waals surface area (Å²) in [6.45, 7) is 7.43. The van der Waals surface area contributed by atoms with Gasteiger partial charge in [-0.2, -0.15) is 0 Å². The lowest BCUT2D eigenvalue weighted by Crippen LogP contribution is -2.42. The molecule has 0 unspecified atom stereocenters. The highest BCUT2D eigenvalue weighted by molar-refractivity contribution is 4.87. The maximum absolute atomic E-state index is 9.62. The van der Waals surface area contributed by atoms with Gasteiger partial charge >= 0.3 is 0 Å². The minimum Gasteiger partial charge on any atom is -0.389 e. The second-order valence-electron chi connectivity index (χ2n) is 3.51. The van der Waals surface area contributed by atoms with Gasteiger partial charge in [0.05, 0.1) is 24.9 Å². The van der Waals surface area contributed by atoms with E-state index in [-0.39, 0.29) is 12.1 Å². The molecule has 0 aromatic rings. The van der Waals surface area contributed by atoms with E-state index in [9.17, 15) is 5.11 Å². The van der Waals surface area contributed by atoms with Crippen LogP contribution in [-0.2, 0) is 4.74 Å². The summed E-state index contributed by atoms with van der Waals surface area (Å²) in [5, 5.41) is 9.62. The van der Waals surface area contributed by atoms with Gasteiger partial charge in [-0.3, -0.25) is 0 Å². The Hall–Kier alpha value is -0.160. The van der Waals surface area contributed by atoms with Crippen molar-refractivity contribution in [3.63, 3.8) is 0 Å². The molecule has 0 spiro atoms. The summed E-state index contributed by atoms with van der Waals surface area (Å²) < 4.78 is 5.39. The number of aliphatic hydroxyl groups excluding tert-OH is 1. The molecular formula is C9H20N2O2. The van der Waals surface area contributed by atoms with Crippen molar-refractivity contribution in [2.75, 3.05) is 26.2 Å². The summed E-state index contributed by atoms with van der Waals surface area (Å²) in [4.78, 5) is 2.23. The Balaban J connectivity index is 2.36. The van der Waals surface area contributed by atoms with Crippen molar-refractivity contribution in [3.8, 4) is 0 Å². The van der Waals surface area contributed by atoms with Gasteiger partial charge in [-0.1, -0.05) is 13.8 Å². The average molecular weight is 188 g/mol. The van der Waals surface area contributed by atoms with E-state index in [2.05, 4.69) is 18.7 Å². The molecule has 3 atom stereocenters. The second-order valence-corrected chi connectivity index (χ2v) is 3.51. The third kappa shape index (κ3) is 2.64. The number of aliphatic hydroxyl groups is 1. The average Bonchev–Trinajstić information content (AvgIpc) is 2.45. The van der Waals surface area contributed by atoms with Crippen molar-refractivity contribution >= 4 is 0 Å². The summed E-state index contributed by atoms with van der Waals surface area (Å²) in [7, 11) is 0. The first kappa shape index (κ1) is 10.9. The van der Waals surface area contributed by atoms with Crippen LogP contribution in [-0.4, -0.2) is 54.5 Å². The number of nitrogens with two attached hydrogens (primary N) is 1. The molecule has 1 fully saturated rings. The maximum atomic E-state index is 9.62. The van der Waals surface area contributed by atoms with E-state index in [0.717, 1.165) is 19.6 Å². The quantitative estimate of drug-likeness (QED) is 0.619. The maximum Gasteiger partial charge on any atom is 0.0987 e. The highest BCUT2D eigenvalue weighted by atomic mass is 16.5. The van der Waals surface area contributed by atoms with Crippen LogP contribution < -0.4 is 5.73 Å². The lowest BCUT2D eigenvalue weighted by atomic mass is 10.1. The smallest absolute Gasteiger partial charge is 0.0987 e. The Bertz CT molecular complexity index is 151. The molecule has 78 valence electrons. The number of nitrogens with zero attached hydrogens (tertiary/aromatic N) is 1. The standard InChI is InChI=1S/C9H20N2O2/c1-3-11(4-2)5-8-9(12)7(10)6-13-8/h7-9,12H,3-6,10H2,1-2H3/t7-,8+,9-/m1/s1. The van der Waals surface area contributed by atoms with Crippen molar-refractivity contribution < 1.29 is 9.84 Å². The Morgan fingerprint density at radius 1 is 1.46 bits per heavy atom. The fourth-order valence-electron chi connectivity index (χ4n) is 1.60. The van der Waals surface area contributed by atoms with E-state index in [0.29, 0.717) is 6.61 Å². The topological polar surface area (TPSA) is 58.7 Å². The third-order valence-electron chi connectivity index (χ3n) is 2.65. The van der Waals surface area contributed by atoms with Gasteiger partial charge in [-0.25, -0.2) is 0 Å². The molecular weight excluding hydrogens is 168 g/mol. The number of rotatable bonds is 4. The van der Waals surface area contributed by atoms with E-state index in [1.165, 1.54) is 0 Å². The zero-order valence-electron chi connectivity index (χ0n) is 8.44. The molecule has 0 radical (unpaired) electrons. The molecule has 0 saturated carbocycles. The lowest BCUT2D eigenvalue weighted by Gasteiger charge is -2.23. The van der Waals surface area contributed by atoms with Gasteiger partial charge in [0.2, 0.25) is 0 Å². The van der Waals surface area contributed by atoms with Crippen molar-refractivity contribution in [1.82, 2.24) is 4.90 Å². The number of hydrogen-bond donors (Lipinski definition) is 2. The van der Waals surface area contributed by atoms with Crippen LogP contribution in [0.3, 0.4) is 0 Å². The van der Waals surface area contributed by atoms with Crippen LogP contribution in [0, 0.1) is 0 Å². The first-order valence-electron chi connectivity index (χ1n) is 4.96. The molecule has 0 bridgehead atoms. The van der Waals surface area contributed by atoms with Crippen LogP contribution in [0.4, 0.5) is 0 Å². The number of hydrogen-bond acceptors (Lipinski definition) is 4. The predicted molar refractivity (Wildman–Crippen MR) is 51.5 cm³/mol. The second kappa shape index (κ2) is 4.91. The van der Waals surface area contributed by atoms with Crippen LogP contribution >= 0.6 is 0 Å². The molecule has 0 aromatic carbocycles. The number of ether oxygens (including phenoxy) is 1. The molecule has 3 N–H and O–H groups in total. The summed E-state index contributed by atoms with van der Waals surface area (Å²) in [6, 6.07) is -0.208. The minimum atomic E-state index is -0.499. The van der Waals surface area contributed by atoms with E-state index in [1.54, 1.807) is 0 Å². The largest absolute Gasteiger partial charge is 0.389 e. The Labute approximate surface area is 79.7 Å². The molecule has 0 aliphatic carbocycles. The van der Waals surface area contributed by atoms with Crippen LogP contribution in [0.2, 0.25) is 0 Å². The molecule has 0 aromatic heterocycles. The van der Waals surface area contributed by atoms with Crippen molar-refractivity contribution in [2.45, 2.75) is 32.1 Å². The van der Waals surface area contributed by atoms with Gasteiger partial charge in [0.25, 0.3) is 0 Å². The molecule has 0 amide bonds. The van der Waals surface area contributed by atoms with Crippen LogP contribution in [0.25, 0.3) is 0 Å². The van der Waals surface area contributed by atoms with E-state index in [1.807, 2.05) is 0 Å². The summed E-state index contributed by atoms with van der Waals surface area (Å²) >= 11 is 0. The highest BCUT2D eigenvalue weighted by Gasteiger charge is 2.33. The van der Waals surface area contributed by atoms with Crippen LogP contribution in [0.1, 0.15) is 13.8 Å². The zero-order valence-corrected chi connectivity index (χ0v) is 8.44. The van der Waals surface area contributed by atoms with Gasteiger partial charge in [-0.15, -0.1) is 0 Å². The van der Waals surface area contributed by atoms with E-state index < -0.39 is 6.10 Å². The van der Waals surface area contributed by atoms with Gasteiger partial charge in [0.15, 0.2) is 0 Å². The minimum absolute atomic E-state index is 0.102. The fourth-order valence-corrected chi connectivity index (χ4v) is 1.60. The zero-order chi connectivity index (χ0) is 9.84. The van der Waals surface area contributed by atoms with Gasteiger partial charge in [-0.05, 0) is 13.1 Å². The molecule has 1 aliphatic rings. The van der Waals surface area contributed by atoms with E-state index >= 15 is 0 Å². The molecule has 1 saturated heterocycles. The van der Waals surface area contributed by atoms with Gasteiger partial charge in [0.1, 0.15) is 0 Å². The fraction of sp³-hybridized carbons (Fsp3) is 1.00. The van der Waals surface area contributed by atoms with Crippen molar-refractivity contribution in [2.24, 2.45) is 5.73 Å². The van der Waals surface area contributed by atoms with Gasteiger partial charge < -0.3 is 20.5 Å². The van der Waals surface area contributed by atoms with E-state index in [4.69, 9.17) is 10.5 Å².